The van der Waals surface area contributed by atoms with Crippen molar-refractivity contribution < 1.29 is 4.74 Å². The summed E-state index contributed by atoms with van der Waals surface area (Å²) in [6.45, 7) is 12.4. The van der Waals surface area contributed by atoms with Gasteiger partial charge in [0.2, 0.25) is 0 Å². The smallest absolute Gasteiger partial charge is 0.126 e. The van der Waals surface area contributed by atoms with Crippen molar-refractivity contribution in [3.63, 3.8) is 0 Å². The van der Waals surface area contributed by atoms with Gasteiger partial charge in [0.1, 0.15) is 5.75 Å². The van der Waals surface area contributed by atoms with Crippen molar-refractivity contribution in [1.82, 2.24) is 4.90 Å². The van der Waals surface area contributed by atoms with Gasteiger partial charge in [-0.2, -0.15) is 0 Å². The summed E-state index contributed by atoms with van der Waals surface area (Å²) in [5.74, 6) is 1.69. The summed E-state index contributed by atoms with van der Waals surface area (Å²) in [5, 5.41) is 0. The molecule has 0 bridgehead atoms. The van der Waals surface area contributed by atoms with Crippen LogP contribution in [0.4, 0.5) is 5.69 Å². The first-order chi connectivity index (χ1) is 15.6. The van der Waals surface area contributed by atoms with Crippen molar-refractivity contribution in [3.8, 4) is 5.75 Å². The lowest BCUT2D eigenvalue weighted by Crippen LogP contribution is -2.46. The molecule has 2 aromatic carbocycles. The Bertz CT molecular complexity index is 1040. The van der Waals surface area contributed by atoms with Gasteiger partial charge >= 0.3 is 0 Å². The SMILES string of the molecule is COc1c(C)cc(C)c2c1C(CCN1CCN(c3cccc(C)c3)CC1)C1=C2CCCC1.Cl. The van der Waals surface area contributed by atoms with Crippen LogP contribution in [0.2, 0.25) is 0 Å². The second-order valence-electron chi connectivity index (χ2n) is 10.1. The van der Waals surface area contributed by atoms with Crippen LogP contribution in [0.25, 0.3) is 5.57 Å². The Morgan fingerprint density at radius 1 is 0.939 bits per heavy atom. The third-order valence-electron chi connectivity index (χ3n) is 7.96. The van der Waals surface area contributed by atoms with Crippen molar-refractivity contribution in [2.75, 3.05) is 44.7 Å². The minimum Gasteiger partial charge on any atom is -0.496 e. The van der Waals surface area contributed by atoms with Gasteiger partial charge in [0.15, 0.2) is 0 Å². The molecule has 1 unspecified atom stereocenters. The Morgan fingerprint density at radius 2 is 1.70 bits per heavy atom. The lowest BCUT2D eigenvalue weighted by Gasteiger charge is -2.37. The zero-order valence-corrected chi connectivity index (χ0v) is 21.6. The van der Waals surface area contributed by atoms with Crippen molar-refractivity contribution in [3.05, 3.63) is 63.7 Å². The highest BCUT2D eigenvalue weighted by Crippen LogP contribution is 2.54. The Balaban J connectivity index is 0.00000259. The number of ether oxygens (including phenoxy) is 1. The maximum atomic E-state index is 6.00. The predicted molar refractivity (Wildman–Crippen MR) is 142 cm³/mol. The van der Waals surface area contributed by atoms with Crippen LogP contribution in [0, 0.1) is 20.8 Å². The highest BCUT2D eigenvalue weighted by atomic mass is 35.5. The fourth-order valence-electron chi connectivity index (χ4n) is 6.46. The molecule has 3 aliphatic rings. The van der Waals surface area contributed by atoms with Gasteiger partial charge in [-0.05, 0) is 99.4 Å². The van der Waals surface area contributed by atoms with Gasteiger partial charge in [-0.15, -0.1) is 12.4 Å². The van der Waals surface area contributed by atoms with Crippen LogP contribution >= 0.6 is 12.4 Å². The van der Waals surface area contributed by atoms with Gasteiger partial charge in [-0.25, -0.2) is 0 Å². The van der Waals surface area contributed by atoms with Gasteiger partial charge in [0, 0.05) is 43.3 Å². The highest BCUT2D eigenvalue weighted by molar-refractivity contribution is 5.85. The summed E-state index contributed by atoms with van der Waals surface area (Å²) in [6.07, 6.45) is 6.43. The molecule has 1 fully saturated rings. The number of aryl methyl sites for hydroxylation is 3. The van der Waals surface area contributed by atoms with E-state index >= 15 is 0 Å². The minimum absolute atomic E-state index is 0. The number of methoxy groups -OCH3 is 1. The van der Waals surface area contributed by atoms with Gasteiger partial charge < -0.3 is 9.64 Å². The fourth-order valence-corrected chi connectivity index (χ4v) is 6.46. The van der Waals surface area contributed by atoms with Crippen LogP contribution in [0.15, 0.2) is 35.9 Å². The molecular formula is C29H39ClN2O. The van der Waals surface area contributed by atoms with Crippen molar-refractivity contribution in [1.29, 1.82) is 0 Å². The lowest BCUT2D eigenvalue weighted by molar-refractivity contribution is 0.250. The number of hydrogen-bond acceptors (Lipinski definition) is 3. The maximum absolute atomic E-state index is 6.00. The van der Waals surface area contributed by atoms with E-state index in [0.29, 0.717) is 5.92 Å². The highest BCUT2D eigenvalue weighted by Gasteiger charge is 2.36. The second-order valence-corrected chi connectivity index (χ2v) is 10.1. The van der Waals surface area contributed by atoms with E-state index in [2.05, 4.69) is 60.9 Å². The number of fused-ring (bicyclic) bond motifs is 2. The summed E-state index contributed by atoms with van der Waals surface area (Å²) in [4.78, 5) is 5.23. The zero-order valence-electron chi connectivity index (χ0n) is 20.7. The van der Waals surface area contributed by atoms with Crippen LogP contribution in [0.3, 0.4) is 0 Å². The number of hydrogen-bond donors (Lipinski definition) is 0. The maximum Gasteiger partial charge on any atom is 0.126 e. The third-order valence-corrected chi connectivity index (χ3v) is 7.96. The molecular weight excluding hydrogens is 428 g/mol. The van der Waals surface area contributed by atoms with E-state index in [4.69, 9.17) is 4.74 Å². The molecule has 1 atom stereocenters. The number of halogens is 1. The average Bonchev–Trinajstić information content (AvgIpc) is 3.13. The molecule has 5 rings (SSSR count). The number of piperazine rings is 1. The number of anilines is 1. The molecule has 4 heteroatoms. The standard InChI is InChI=1S/C29H38N2O.ClH/c1-20-8-7-9-23(18-20)31-16-14-30(15-17-31)13-12-26-24-10-5-6-11-25(24)27-21(2)19-22(3)29(32-4)28(26)27;/h7-9,18-19,26H,5-6,10-17H2,1-4H3;1H. The second kappa shape index (κ2) is 10.1. The first-order valence-corrected chi connectivity index (χ1v) is 12.5. The van der Waals surface area contributed by atoms with Crippen molar-refractivity contribution in [2.24, 2.45) is 0 Å². The molecule has 0 N–H and O–H groups in total. The average molecular weight is 467 g/mol. The number of nitrogens with zero attached hydrogens (tertiary/aromatic N) is 2. The van der Waals surface area contributed by atoms with E-state index in [1.807, 2.05) is 7.11 Å². The molecule has 0 amide bonds. The van der Waals surface area contributed by atoms with Gasteiger partial charge in [0.05, 0.1) is 7.11 Å². The van der Waals surface area contributed by atoms with E-state index in [-0.39, 0.29) is 12.4 Å². The molecule has 33 heavy (non-hydrogen) atoms. The molecule has 1 saturated heterocycles. The Kier molecular flexibility index (Phi) is 7.40. The number of benzene rings is 2. The summed E-state index contributed by atoms with van der Waals surface area (Å²) >= 11 is 0. The van der Waals surface area contributed by atoms with E-state index in [1.165, 1.54) is 72.2 Å². The lowest BCUT2D eigenvalue weighted by atomic mass is 9.85. The van der Waals surface area contributed by atoms with E-state index < -0.39 is 0 Å². The topological polar surface area (TPSA) is 15.7 Å². The Hall–Kier alpha value is -1.97. The van der Waals surface area contributed by atoms with E-state index in [1.54, 1.807) is 11.1 Å². The third kappa shape index (κ3) is 4.55. The van der Waals surface area contributed by atoms with Crippen molar-refractivity contribution >= 4 is 23.7 Å². The molecule has 0 radical (unpaired) electrons. The van der Waals surface area contributed by atoms with E-state index in [9.17, 15) is 0 Å². The molecule has 2 aliphatic carbocycles. The minimum atomic E-state index is 0. The largest absolute Gasteiger partial charge is 0.496 e. The summed E-state index contributed by atoms with van der Waals surface area (Å²) < 4.78 is 6.00. The van der Waals surface area contributed by atoms with E-state index in [0.717, 1.165) is 31.9 Å². The molecule has 2 aromatic rings. The summed E-state index contributed by atoms with van der Waals surface area (Å²) in [5.41, 5.74) is 11.9. The zero-order chi connectivity index (χ0) is 22.2. The molecule has 3 nitrogen and oxygen atoms in total. The summed E-state index contributed by atoms with van der Waals surface area (Å²) in [7, 11) is 1.86. The van der Waals surface area contributed by atoms with Crippen LogP contribution in [-0.2, 0) is 0 Å². The molecule has 0 aromatic heterocycles. The Labute approximate surface area is 206 Å². The molecule has 0 saturated carbocycles. The molecule has 0 spiro atoms. The molecule has 178 valence electrons. The molecule has 1 heterocycles. The van der Waals surface area contributed by atoms with Crippen LogP contribution < -0.4 is 9.64 Å². The van der Waals surface area contributed by atoms with Crippen LogP contribution in [-0.4, -0.2) is 44.7 Å². The fraction of sp³-hybridized carbons (Fsp3) is 0.517. The van der Waals surface area contributed by atoms with Crippen LogP contribution in [0.5, 0.6) is 5.75 Å². The Morgan fingerprint density at radius 3 is 2.42 bits per heavy atom. The first-order valence-electron chi connectivity index (χ1n) is 12.5. The first kappa shape index (κ1) is 24.2. The van der Waals surface area contributed by atoms with Crippen molar-refractivity contribution in [2.45, 2.75) is 58.8 Å². The number of allylic oxidation sites excluding steroid dienone is 2. The predicted octanol–water partition coefficient (Wildman–Crippen LogP) is 6.68. The molecule has 1 aliphatic heterocycles. The van der Waals surface area contributed by atoms with Gasteiger partial charge in [-0.1, -0.05) is 23.8 Å². The monoisotopic (exact) mass is 466 g/mol. The van der Waals surface area contributed by atoms with Gasteiger partial charge in [-0.3, -0.25) is 4.90 Å². The normalized spacial score (nSPS) is 20.4. The quantitative estimate of drug-likeness (QED) is 0.488. The van der Waals surface area contributed by atoms with Crippen LogP contribution in [0.1, 0.15) is 65.8 Å². The number of rotatable bonds is 5. The van der Waals surface area contributed by atoms with Gasteiger partial charge in [0.25, 0.3) is 0 Å². The summed E-state index contributed by atoms with van der Waals surface area (Å²) in [6, 6.07) is 11.3.